The second kappa shape index (κ2) is 9.22. The van der Waals surface area contributed by atoms with Gasteiger partial charge in [-0.25, -0.2) is 4.39 Å². The summed E-state index contributed by atoms with van der Waals surface area (Å²) in [6.07, 6.45) is 4.32. The minimum Gasteiger partial charge on any atom is -0.369 e. The predicted molar refractivity (Wildman–Crippen MR) is 128 cm³/mol. The molecular weight excluding hydrogens is 401 g/mol. The minimum atomic E-state index is -0.288. The molecule has 2 heterocycles. The average molecular weight is 438 g/mol. The molecule has 0 aromatic heterocycles. The number of hydrogen-bond donors (Lipinski definition) is 1. The van der Waals surface area contributed by atoms with Gasteiger partial charge >= 0.3 is 0 Å². The van der Waals surface area contributed by atoms with Crippen LogP contribution in [0.1, 0.15) is 56.2 Å². The number of fused-ring (bicyclic) bond motifs is 1. The zero-order valence-corrected chi connectivity index (χ0v) is 19.6. The van der Waals surface area contributed by atoms with Crippen molar-refractivity contribution in [2.24, 2.45) is 11.1 Å². The smallest absolute Gasteiger partial charge is 0.225 e. The summed E-state index contributed by atoms with van der Waals surface area (Å²) in [6, 6.07) is 13.9. The first-order valence-corrected chi connectivity index (χ1v) is 11.9. The number of benzene rings is 2. The number of amides is 1. The molecule has 2 aliphatic rings. The monoisotopic (exact) mass is 437 g/mol. The van der Waals surface area contributed by atoms with Crippen molar-refractivity contribution in [1.29, 1.82) is 0 Å². The summed E-state index contributed by atoms with van der Waals surface area (Å²) in [6.45, 7) is 10.5. The summed E-state index contributed by atoms with van der Waals surface area (Å²) in [5.41, 5.74) is 10.5. The number of anilines is 1. The molecule has 1 atom stereocenters. The number of likely N-dealkylation sites (tertiary alicyclic amines) is 1. The van der Waals surface area contributed by atoms with Crippen molar-refractivity contribution in [3.8, 4) is 0 Å². The Morgan fingerprint density at radius 3 is 2.41 bits per heavy atom. The lowest BCUT2D eigenvalue weighted by Gasteiger charge is -2.38. The Balaban J connectivity index is 1.39. The van der Waals surface area contributed by atoms with E-state index in [4.69, 9.17) is 5.73 Å². The van der Waals surface area contributed by atoms with Crippen LogP contribution in [0.5, 0.6) is 0 Å². The number of primary amides is 1. The minimum absolute atomic E-state index is 0.173. The quantitative estimate of drug-likeness (QED) is 0.723. The van der Waals surface area contributed by atoms with Gasteiger partial charge in [-0.05, 0) is 66.0 Å². The van der Waals surface area contributed by atoms with E-state index in [0.29, 0.717) is 6.04 Å². The van der Waals surface area contributed by atoms with Crippen molar-refractivity contribution in [3.05, 3.63) is 65.0 Å². The van der Waals surface area contributed by atoms with Crippen LogP contribution < -0.4 is 10.6 Å². The lowest BCUT2D eigenvalue weighted by atomic mass is 9.76. The molecule has 1 saturated heterocycles. The number of rotatable bonds is 6. The van der Waals surface area contributed by atoms with Gasteiger partial charge in [0.1, 0.15) is 5.82 Å². The van der Waals surface area contributed by atoms with E-state index in [2.05, 4.69) is 48.8 Å². The fourth-order valence-electron chi connectivity index (χ4n) is 5.46. The third kappa shape index (κ3) is 4.98. The summed E-state index contributed by atoms with van der Waals surface area (Å²) >= 11 is 0. The molecule has 0 saturated carbocycles. The first-order valence-electron chi connectivity index (χ1n) is 11.9. The molecule has 1 fully saturated rings. The SMILES string of the molecule is CC(C)(C)C(C(N)=O)c1ccc2c(c1)N(C1CCN(CCc3ccc(F)cc3)CC1)CC2. The molecule has 2 N–H and O–H groups in total. The first-order chi connectivity index (χ1) is 15.2. The zero-order chi connectivity index (χ0) is 22.9. The Labute approximate surface area is 191 Å². The average Bonchev–Trinajstić information content (AvgIpc) is 3.16. The molecule has 1 unspecified atom stereocenters. The highest BCUT2D eigenvalue weighted by molar-refractivity contribution is 5.83. The van der Waals surface area contributed by atoms with Gasteiger partial charge in [0.05, 0.1) is 5.92 Å². The third-order valence-electron chi connectivity index (χ3n) is 7.15. The standard InChI is InChI=1S/C27H36FN3O/c1-27(2,3)25(26(29)32)21-7-6-20-11-17-31(24(20)18-21)23-12-15-30(16-13-23)14-10-19-4-8-22(28)9-5-19/h4-9,18,23,25H,10-17H2,1-3H3,(H2,29,32). The van der Waals surface area contributed by atoms with Crippen LogP contribution >= 0.6 is 0 Å². The van der Waals surface area contributed by atoms with Crippen molar-refractivity contribution in [3.63, 3.8) is 0 Å². The van der Waals surface area contributed by atoms with E-state index in [9.17, 15) is 9.18 Å². The Kier molecular flexibility index (Phi) is 6.57. The van der Waals surface area contributed by atoms with E-state index in [1.165, 1.54) is 16.8 Å². The van der Waals surface area contributed by atoms with Crippen molar-refractivity contribution < 1.29 is 9.18 Å². The molecule has 5 heteroatoms. The molecule has 2 aliphatic heterocycles. The van der Waals surface area contributed by atoms with Crippen molar-refractivity contribution in [1.82, 2.24) is 4.90 Å². The van der Waals surface area contributed by atoms with Crippen molar-refractivity contribution in [2.75, 3.05) is 31.1 Å². The summed E-state index contributed by atoms with van der Waals surface area (Å²) in [5, 5.41) is 0. The summed E-state index contributed by atoms with van der Waals surface area (Å²) < 4.78 is 13.1. The van der Waals surface area contributed by atoms with Crippen LogP contribution in [0.3, 0.4) is 0 Å². The second-order valence-electron chi connectivity index (χ2n) is 10.5. The summed E-state index contributed by atoms with van der Waals surface area (Å²) in [4.78, 5) is 17.3. The lowest BCUT2D eigenvalue weighted by molar-refractivity contribution is -0.121. The normalized spacial score (nSPS) is 18.6. The number of carbonyl (C=O) groups excluding carboxylic acids is 1. The highest BCUT2D eigenvalue weighted by Crippen LogP contribution is 2.40. The molecule has 172 valence electrons. The highest BCUT2D eigenvalue weighted by atomic mass is 19.1. The van der Waals surface area contributed by atoms with Crippen LogP contribution in [-0.4, -0.2) is 43.0 Å². The fraction of sp³-hybridized carbons (Fsp3) is 0.519. The number of nitrogens with two attached hydrogens (primary N) is 1. The van der Waals surface area contributed by atoms with Gasteiger partial charge in [0.2, 0.25) is 5.91 Å². The number of nitrogens with zero attached hydrogens (tertiary/aromatic N) is 2. The van der Waals surface area contributed by atoms with Gasteiger partial charge in [-0.3, -0.25) is 4.79 Å². The van der Waals surface area contributed by atoms with E-state index in [1.54, 1.807) is 12.1 Å². The molecule has 2 aromatic rings. The topological polar surface area (TPSA) is 49.6 Å². The molecule has 1 amide bonds. The van der Waals surface area contributed by atoms with Gasteiger partial charge in [0.25, 0.3) is 0 Å². The molecule has 0 bridgehead atoms. The molecule has 4 rings (SSSR count). The summed E-state index contributed by atoms with van der Waals surface area (Å²) in [7, 11) is 0. The van der Waals surface area contributed by atoms with E-state index in [1.807, 2.05) is 12.1 Å². The Morgan fingerprint density at radius 1 is 1.09 bits per heavy atom. The lowest BCUT2D eigenvalue weighted by Crippen LogP contribution is -2.45. The molecule has 0 radical (unpaired) electrons. The van der Waals surface area contributed by atoms with Crippen molar-refractivity contribution in [2.45, 2.75) is 58.4 Å². The maximum absolute atomic E-state index is 13.1. The van der Waals surface area contributed by atoms with Crippen molar-refractivity contribution >= 4 is 11.6 Å². The van der Waals surface area contributed by atoms with E-state index >= 15 is 0 Å². The molecule has 32 heavy (non-hydrogen) atoms. The van der Waals surface area contributed by atoms with Crippen LogP contribution in [0.15, 0.2) is 42.5 Å². The molecule has 0 aliphatic carbocycles. The third-order valence-corrected chi connectivity index (χ3v) is 7.15. The molecular formula is C27H36FN3O. The van der Waals surface area contributed by atoms with E-state index in [-0.39, 0.29) is 23.1 Å². The molecule has 0 spiro atoms. The molecule has 4 nitrogen and oxygen atoms in total. The van der Waals surface area contributed by atoms with Crippen LogP contribution in [0, 0.1) is 11.2 Å². The highest BCUT2D eigenvalue weighted by Gasteiger charge is 2.34. The zero-order valence-electron chi connectivity index (χ0n) is 19.6. The van der Waals surface area contributed by atoms with E-state index < -0.39 is 0 Å². The Hall–Kier alpha value is -2.40. The number of hydrogen-bond acceptors (Lipinski definition) is 3. The van der Waals surface area contributed by atoms with Gasteiger partial charge < -0.3 is 15.5 Å². The Bertz CT molecular complexity index is 942. The Morgan fingerprint density at radius 2 is 1.78 bits per heavy atom. The van der Waals surface area contributed by atoms with E-state index in [0.717, 1.165) is 57.4 Å². The van der Waals surface area contributed by atoms with Gasteiger partial charge in [-0.2, -0.15) is 0 Å². The van der Waals surface area contributed by atoms with Crippen LogP contribution in [0.4, 0.5) is 10.1 Å². The second-order valence-corrected chi connectivity index (χ2v) is 10.5. The maximum Gasteiger partial charge on any atom is 0.225 e. The number of piperidine rings is 1. The van der Waals surface area contributed by atoms with Crippen LogP contribution in [0.2, 0.25) is 0 Å². The molecule has 2 aromatic carbocycles. The predicted octanol–water partition coefficient (Wildman–Crippen LogP) is 4.51. The largest absolute Gasteiger partial charge is 0.369 e. The van der Waals surface area contributed by atoms with Crippen LogP contribution in [-0.2, 0) is 17.6 Å². The van der Waals surface area contributed by atoms with Gasteiger partial charge in [0, 0.05) is 37.9 Å². The van der Waals surface area contributed by atoms with Gasteiger partial charge in [0.15, 0.2) is 0 Å². The first kappa shape index (κ1) is 22.8. The number of carbonyl (C=O) groups is 1. The maximum atomic E-state index is 13.1. The van der Waals surface area contributed by atoms with Gasteiger partial charge in [-0.1, -0.05) is 45.0 Å². The fourth-order valence-corrected chi connectivity index (χ4v) is 5.46. The summed E-state index contributed by atoms with van der Waals surface area (Å²) in [5.74, 6) is -0.715. The van der Waals surface area contributed by atoms with Gasteiger partial charge in [-0.15, -0.1) is 0 Å². The van der Waals surface area contributed by atoms with Crippen LogP contribution in [0.25, 0.3) is 0 Å². The number of halogens is 1.